The summed E-state index contributed by atoms with van der Waals surface area (Å²) in [6, 6.07) is 8.35. The zero-order valence-corrected chi connectivity index (χ0v) is 12.1. The Morgan fingerprint density at radius 3 is 2.47 bits per heavy atom. The van der Waals surface area contributed by atoms with E-state index in [0.717, 1.165) is 30.3 Å². The Morgan fingerprint density at radius 1 is 1.21 bits per heavy atom. The molecule has 1 heterocycles. The van der Waals surface area contributed by atoms with Gasteiger partial charge in [0.25, 0.3) is 0 Å². The van der Waals surface area contributed by atoms with E-state index in [4.69, 9.17) is 5.73 Å². The van der Waals surface area contributed by atoms with E-state index >= 15 is 0 Å². The van der Waals surface area contributed by atoms with Crippen molar-refractivity contribution in [3.63, 3.8) is 0 Å². The smallest absolute Gasteiger partial charge is 0.155 e. The molecule has 1 aromatic carbocycles. The van der Waals surface area contributed by atoms with Gasteiger partial charge in [0.15, 0.2) is 5.82 Å². The molecule has 0 fully saturated rings. The lowest BCUT2D eigenvalue weighted by Crippen LogP contribution is -2.21. The van der Waals surface area contributed by atoms with Crippen molar-refractivity contribution in [1.82, 2.24) is 9.78 Å². The zero-order valence-electron chi connectivity index (χ0n) is 12.1. The first-order valence-electron chi connectivity index (χ1n) is 6.76. The van der Waals surface area contributed by atoms with Gasteiger partial charge in [0.05, 0.1) is 11.4 Å². The minimum absolute atomic E-state index is 0.770. The largest absolute Gasteiger partial charge is 0.394 e. The monoisotopic (exact) mass is 258 g/mol. The summed E-state index contributed by atoms with van der Waals surface area (Å²) in [6.45, 7) is 9.97. The summed E-state index contributed by atoms with van der Waals surface area (Å²) in [5.41, 5.74) is 10.3. The topological polar surface area (TPSA) is 47.1 Å². The van der Waals surface area contributed by atoms with Crippen LogP contribution >= 0.6 is 0 Å². The van der Waals surface area contributed by atoms with Crippen molar-refractivity contribution in [2.75, 3.05) is 17.2 Å². The maximum absolute atomic E-state index is 6.22. The first-order chi connectivity index (χ1) is 9.10. The highest BCUT2D eigenvalue weighted by Gasteiger charge is 2.19. The van der Waals surface area contributed by atoms with Gasteiger partial charge in [0, 0.05) is 18.8 Å². The highest BCUT2D eigenvalue weighted by Crippen LogP contribution is 2.33. The van der Waals surface area contributed by atoms with Crippen LogP contribution in [-0.2, 0) is 6.54 Å². The number of hydrogen-bond donors (Lipinski definition) is 1. The van der Waals surface area contributed by atoms with Gasteiger partial charge in [0.2, 0.25) is 0 Å². The third-order valence-corrected chi connectivity index (χ3v) is 3.42. The number of para-hydroxylation sites is 1. The second-order valence-corrected chi connectivity index (χ2v) is 4.67. The molecule has 2 aromatic rings. The number of nitrogen functional groups attached to an aromatic ring is 1. The molecule has 0 aliphatic carbocycles. The number of aryl methyl sites for hydroxylation is 3. The fraction of sp³-hybridized carbons (Fsp3) is 0.400. The molecule has 102 valence electrons. The molecule has 0 aliphatic heterocycles. The number of nitrogens with zero attached hydrogens (tertiary/aromatic N) is 3. The fourth-order valence-corrected chi connectivity index (χ4v) is 2.39. The SMILES string of the molecule is CCN(c1ccccc1C)c1c(N)c(C)nn1CC. The lowest BCUT2D eigenvalue weighted by Gasteiger charge is -2.26. The second-order valence-electron chi connectivity index (χ2n) is 4.67. The Morgan fingerprint density at radius 2 is 1.89 bits per heavy atom. The standard InChI is InChI=1S/C15H22N4/c1-5-18(13-10-8-7-9-11(13)3)15-14(16)12(4)17-19(15)6-2/h7-10H,5-6,16H2,1-4H3. The third kappa shape index (κ3) is 2.30. The van der Waals surface area contributed by atoms with Gasteiger partial charge in [-0.05, 0) is 39.3 Å². The van der Waals surface area contributed by atoms with Crippen molar-refractivity contribution in [2.45, 2.75) is 34.2 Å². The molecule has 0 atom stereocenters. The summed E-state index contributed by atoms with van der Waals surface area (Å²) in [6.07, 6.45) is 0. The van der Waals surface area contributed by atoms with Crippen molar-refractivity contribution < 1.29 is 0 Å². The minimum Gasteiger partial charge on any atom is -0.394 e. The average molecular weight is 258 g/mol. The molecule has 0 amide bonds. The summed E-state index contributed by atoms with van der Waals surface area (Å²) < 4.78 is 1.97. The van der Waals surface area contributed by atoms with Gasteiger partial charge in [-0.3, -0.25) is 0 Å². The van der Waals surface area contributed by atoms with E-state index in [1.165, 1.54) is 11.3 Å². The molecule has 0 saturated carbocycles. The van der Waals surface area contributed by atoms with Crippen LogP contribution in [0.4, 0.5) is 17.2 Å². The summed E-state index contributed by atoms with van der Waals surface area (Å²) in [7, 11) is 0. The maximum atomic E-state index is 6.22. The van der Waals surface area contributed by atoms with Crippen molar-refractivity contribution in [1.29, 1.82) is 0 Å². The molecule has 0 bridgehead atoms. The van der Waals surface area contributed by atoms with E-state index in [1.54, 1.807) is 0 Å². The second kappa shape index (κ2) is 5.34. The molecule has 4 heteroatoms. The minimum atomic E-state index is 0.770. The lowest BCUT2D eigenvalue weighted by atomic mass is 10.1. The van der Waals surface area contributed by atoms with Gasteiger partial charge in [0.1, 0.15) is 0 Å². The lowest BCUT2D eigenvalue weighted by molar-refractivity contribution is 0.648. The maximum Gasteiger partial charge on any atom is 0.155 e. The van der Waals surface area contributed by atoms with Crippen molar-refractivity contribution in [2.24, 2.45) is 0 Å². The molecule has 19 heavy (non-hydrogen) atoms. The highest BCUT2D eigenvalue weighted by atomic mass is 15.4. The van der Waals surface area contributed by atoms with E-state index in [2.05, 4.69) is 55.0 Å². The summed E-state index contributed by atoms with van der Waals surface area (Å²) >= 11 is 0. The van der Waals surface area contributed by atoms with Crippen molar-refractivity contribution >= 4 is 17.2 Å². The van der Waals surface area contributed by atoms with Crippen LogP contribution in [0.1, 0.15) is 25.1 Å². The van der Waals surface area contributed by atoms with Crippen LogP contribution in [0.2, 0.25) is 0 Å². The Balaban J connectivity index is 2.57. The Kier molecular flexibility index (Phi) is 3.79. The van der Waals surface area contributed by atoms with Gasteiger partial charge < -0.3 is 10.6 Å². The van der Waals surface area contributed by atoms with Crippen LogP contribution in [0.3, 0.4) is 0 Å². The summed E-state index contributed by atoms with van der Waals surface area (Å²) in [5.74, 6) is 0.997. The zero-order chi connectivity index (χ0) is 14.0. The van der Waals surface area contributed by atoms with E-state index in [9.17, 15) is 0 Å². The van der Waals surface area contributed by atoms with Gasteiger partial charge in [-0.2, -0.15) is 5.10 Å². The molecular weight excluding hydrogens is 236 g/mol. The Labute approximate surface area is 114 Å². The molecule has 1 aromatic heterocycles. The highest BCUT2D eigenvalue weighted by molar-refractivity contribution is 5.74. The van der Waals surface area contributed by atoms with E-state index in [1.807, 2.05) is 11.6 Å². The predicted octanol–water partition coefficient (Wildman–Crippen LogP) is 3.26. The molecule has 0 spiro atoms. The van der Waals surface area contributed by atoms with Gasteiger partial charge in [-0.25, -0.2) is 4.68 Å². The molecular formula is C15H22N4. The third-order valence-electron chi connectivity index (χ3n) is 3.42. The first-order valence-corrected chi connectivity index (χ1v) is 6.76. The van der Waals surface area contributed by atoms with Gasteiger partial charge in [-0.1, -0.05) is 18.2 Å². The summed E-state index contributed by atoms with van der Waals surface area (Å²) in [4.78, 5) is 2.23. The van der Waals surface area contributed by atoms with Crippen LogP contribution in [-0.4, -0.2) is 16.3 Å². The molecule has 2 rings (SSSR count). The van der Waals surface area contributed by atoms with Crippen LogP contribution in [0.15, 0.2) is 24.3 Å². The predicted molar refractivity (Wildman–Crippen MR) is 80.9 cm³/mol. The molecule has 0 radical (unpaired) electrons. The average Bonchev–Trinajstić information content (AvgIpc) is 2.69. The number of aromatic nitrogens is 2. The van der Waals surface area contributed by atoms with Crippen LogP contribution < -0.4 is 10.6 Å². The molecule has 0 saturated heterocycles. The number of benzene rings is 1. The van der Waals surface area contributed by atoms with Crippen LogP contribution in [0.5, 0.6) is 0 Å². The number of rotatable bonds is 4. The van der Waals surface area contributed by atoms with Crippen molar-refractivity contribution in [3.8, 4) is 0 Å². The number of hydrogen-bond acceptors (Lipinski definition) is 3. The first kappa shape index (κ1) is 13.5. The molecule has 0 aliphatic rings. The van der Waals surface area contributed by atoms with E-state index < -0.39 is 0 Å². The Bertz CT molecular complexity index is 572. The van der Waals surface area contributed by atoms with Crippen LogP contribution in [0.25, 0.3) is 0 Å². The van der Waals surface area contributed by atoms with Crippen molar-refractivity contribution in [3.05, 3.63) is 35.5 Å². The molecule has 0 unspecified atom stereocenters. The van der Waals surface area contributed by atoms with E-state index in [0.29, 0.717) is 0 Å². The van der Waals surface area contributed by atoms with Crippen LogP contribution in [0, 0.1) is 13.8 Å². The van der Waals surface area contributed by atoms with Gasteiger partial charge >= 0.3 is 0 Å². The summed E-state index contributed by atoms with van der Waals surface area (Å²) in [5, 5.41) is 4.50. The number of nitrogens with two attached hydrogens (primary N) is 1. The fourth-order valence-electron chi connectivity index (χ4n) is 2.39. The Hall–Kier alpha value is -1.97. The molecule has 2 N–H and O–H groups in total. The number of anilines is 3. The molecule has 4 nitrogen and oxygen atoms in total. The van der Waals surface area contributed by atoms with E-state index in [-0.39, 0.29) is 0 Å². The quantitative estimate of drug-likeness (QED) is 0.915. The van der Waals surface area contributed by atoms with Gasteiger partial charge in [-0.15, -0.1) is 0 Å². The normalized spacial score (nSPS) is 10.7.